The topological polar surface area (TPSA) is 73.4 Å². The minimum atomic E-state index is -1.06. The molecule has 0 saturated heterocycles. The maximum Gasteiger partial charge on any atom is 0.352 e. The molecule has 0 bridgehead atoms. The molecule has 0 aliphatic carbocycles. The summed E-state index contributed by atoms with van der Waals surface area (Å²) >= 11 is 0. The largest absolute Gasteiger partial charge is 0.477 e. The second-order valence-electron chi connectivity index (χ2n) is 3.27. The van der Waals surface area contributed by atoms with E-state index < -0.39 is 5.97 Å². The predicted molar refractivity (Wildman–Crippen MR) is 50.6 cm³/mol. The van der Waals surface area contributed by atoms with Crippen LogP contribution in [0.15, 0.2) is 12.3 Å². The number of ketones is 1. The predicted octanol–water partition coefficient (Wildman–Crippen LogP) is 0.457. The lowest BCUT2D eigenvalue weighted by Gasteiger charge is -2.06. The van der Waals surface area contributed by atoms with Crippen molar-refractivity contribution in [1.82, 2.24) is 9.88 Å². The first-order chi connectivity index (χ1) is 6.50. The highest BCUT2D eigenvalue weighted by atomic mass is 16.4. The molecule has 0 atom stereocenters. The molecule has 14 heavy (non-hydrogen) atoms. The van der Waals surface area contributed by atoms with E-state index in [4.69, 9.17) is 5.11 Å². The zero-order chi connectivity index (χ0) is 10.7. The molecule has 1 heterocycles. The van der Waals surface area contributed by atoms with Gasteiger partial charge in [0.05, 0.1) is 6.54 Å². The summed E-state index contributed by atoms with van der Waals surface area (Å²) in [5.74, 6) is -1.16. The van der Waals surface area contributed by atoms with E-state index in [1.54, 1.807) is 19.0 Å². The molecule has 0 radical (unpaired) electrons. The first-order valence-electron chi connectivity index (χ1n) is 4.10. The van der Waals surface area contributed by atoms with Gasteiger partial charge in [-0.15, -0.1) is 0 Å². The third kappa shape index (κ3) is 2.43. The molecule has 2 N–H and O–H groups in total. The number of aromatic carboxylic acids is 1. The summed E-state index contributed by atoms with van der Waals surface area (Å²) in [5, 5.41) is 8.61. The normalized spacial score (nSPS) is 10.5. The van der Waals surface area contributed by atoms with Gasteiger partial charge in [-0.25, -0.2) is 4.79 Å². The maximum absolute atomic E-state index is 11.4. The van der Waals surface area contributed by atoms with Gasteiger partial charge >= 0.3 is 5.97 Å². The molecule has 76 valence electrons. The number of aromatic amines is 1. The lowest BCUT2D eigenvalue weighted by molar-refractivity contribution is 0.0691. The Morgan fingerprint density at radius 3 is 2.57 bits per heavy atom. The number of carboxylic acid groups (broad SMARTS) is 1. The fourth-order valence-corrected chi connectivity index (χ4v) is 1.06. The summed E-state index contributed by atoms with van der Waals surface area (Å²) in [6, 6.07) is 1.34. The average Bonchev–Trinajstić information content (AvgIpc) is 2.50. The average molecular weight is 196 g/mol. The van der Waals surface area contributed by atoms with Crippen LogP contribution in [0.1, 0.15) is 20.8 Å². The lowest BCUT2D eigenvalue weighted by atomic mass is 10.2. The van der Waals surface area contributed by atoms with Gasteiger partial charge in [0.15, 0.2) is 5.78 Å². The zero-order valence-corrected chi connectivity index (χ0v) is 8.07. The van der Waals surface area contributed by atoms with E-state index in [0.29, 0.717) is 5.56 Å². The Balaban J connectivity index is 2.76. The Hall–Kier alpha value is -1.62. The Kier molecular flexibility index (Phi) is 3.03. The highest BCUT2D eigenvalue weighted by Crippen LogP contribution is 2.04. The molecule has 1 rings (SSSR count). The molecule has 5 heteroatoms. The van der Waals surface area contributed by atoms with Crippen molar-refractivity contribution in [3.63, 3.8) is 0 Å². The van der Waals surface area contributed by atoms with E-state index in [1.807, 2.05) is 0 Å². The number of carbonyl (C=O) groups is 2. The SMILES string of the molecule is CN(C)CC(=O)c1c[nH]c(C(=O)O)c1. The van der Waals surface area contributed by atoms with E-state index in [1.165, 1.54) is 12.3 Å². The zero-order valence-electron chi connectivity index (χ0n) is 8.07. The molecule has 0 fully saturated rings. The summed E-state index contributed by atoms with van der Waals surface area (Å²) in [7, 11) is 3.56. The molecule has 1 aromatic rings. The molecule has 0 spiro atoms. The number of rotatable bonds is 4. The van der Waals surface area contributed by atoms with Crippen molar-refractivity contribution in [3.8, 4) is 0 Å². The molecule has 0 aliphatic rings. The van der Waals surface area contributed by atoms with E-state index in [-0.39, 0.29) is 18.0 Å². The Morgan fingerprint density at radius 2 is 2.14 bits per heavy atom. The van der Waals surface area contributed by atoms with Gasteiger partial charge in [-0.3, -0.25) is 4.79 Å². The molecule has 0 aromatic carbocycles. The first-order valence-corrected chi connectivity index (χ1v) is 4.10. The molecular weight excluding hydrogens is 184 g/mol. The smallest absolute Gasteiger partial charge is 0.352 e. The van der Waals surface area contributed by atoms with Crippen LogP contribution in [0.25, 0.3) is 0 Å². The second-order valence-corrected chi connectivity index (χ2v) is 3.27. The minimum Gasteiger partial charge on any atom is -0.477 e. The number of carbonyl (C=O) groups excluding carboxylic acids is 1. The van der Waals surface area contributed by atoms with Crippen LogP contribution in [0.5, 0.6) is 0 Å². The number of hydrogen-bond donors (Lipinski definition) is 2. The minimum absolute atomic E-state index is 0.0344. The fraction of sp³-hybridized carbons (Fsp3) is 0.333. The van der Waals surface area contributed by atoms with Gasteiger partial charge in [0.1, 0.15) is 5.69 Å². The molecule has 0 aliphatic heterocycles. The van der Waals surface area contributed by atoms with Crippen molar-refractivity contribution >= 4 is 11.8 Å². The molecular formula is C9H12N2O3. The number of aromatic nitrogens is 1. The van der Waals surface area contributed by atoms with Crippen LogP contribution in [0, 0.1) is 0 Å². The van der Waals surface area contributed by atoms with Gasteiger partial charge < -0.3 is 15.0 Å². The van der Waals surface area contributed by atoms with Crippen LogP contribution in [0.2, 0.25) is 0 Å². The lowest BCUT2D eigenvalue weighted by Crippen LogP contribution is -2.21. The summed E-state index contributed by atoms with van der Waals surface area (Å²) in [6.45, 7) is 0.275. The van der Waals surface area contributed by atoms with Crippen LogP contribution >= 0.6 is 0 Å². The van der Waals surface area contributed by atoms with Crippen LogP contribution in [0.3, 0.4) is 0 Å². The number of nitrogens with one attached hydrogen (secondary N) is 1. The van der Waals surface area contributed by atoms with Crippen molar-refractivity contribution in [2.75, 3.05) is 20.6 Å². The van der Waals surface area contributed by atoms with Gasteiger partial charge in [-0.2, -0.15) is 0 Å². The van der Waals surface area contributed by atoms with Crippen LogP contribution in [0.4, 0.5) is 0 Å². The molecule has 5 nitrogen and oxygen atoms in total. The van der Waals surface area contributed by atoms with Gasteiger partial charge in [-0.1, -0.05) is 0 Å². The summed E-state index contributed by atoms with van der Waals surface area (Å²) < 4.78 is 0. The standard InChI is InChI=1S/C9H12N2O3/c1-11(2)5-8(12)6-3-7(9(13)14)10-4-6/h3-4,10H,5H2,1-2H3,(H,13,14). The van der Waals surface area contributed by atoms with Gasteiger partial charge in [0.2, 0.25) is 0 Å². The van der Waals surface area contributed by atoms with Crippen molar-refractivity contribution in [3.05, 3.63) is 23.5 Å². The molecule has 0 unspecified atom stereocenters. The summed E-state index contributed by atoms with van der Waals surface area (Å²) in [4.78, 5) is 26.2. The highest BCUT2D eigenvalue weighted by Gasteiger charge is 2.12. The number of likely N-dealkylation sites (N-methyl/N-ethyl adjacent to an activating group) is 1. The van der Waals surface area contributed by atoms with E-state index in [9.17, 15) is 9.59 Å². The highest BCUT2D eigenvalue weighted by molar-refractivity contribution is 5.99. The number of nitrogens with zero attached hydrogens (tertiary/aromatic N) is 1. The monoisotopic (exact) mass is 196 g/mol. The molecule has 1 aromatic heterocycles. The van der Waals surface area contributed by atoms with E-state index in [2.05, 4.69) is 4.98 Å². The van der Waals surface area contributed by atoms with Crippen LogP contribution in [-0.4, -0.2) is 47.4 Å². The van der Waals surface area contributed by atoms with Crippen molar-refractivity contribution in [2.24, 2.45) is 0 Å². The maximum atomic E-state index is 11.4. The molecule has 0 saturated carbocycles. The van der Waals surface area contributed by atoms with Gasteiger partial charge in [-0.05, 0) is 20.2 Å². The fourth-order valence-electron chi connectivity index (χ4n) is 1.06. The Morgan fingerprint density at radius 1 is 1.50 bits per heavy atom. The van der Waals surface area contributed by atoms with Gasteiger partial charge in [0, 0.05) is 11.8 Å². The van der Waals surface area contributed by atoms with Crippen LogP contribution in [-0.2, 0) is 0 Å². The summed E-state index contributed by atoms with van der Waals surface area (Å²) in [6.07, 6.45) is 1.41. The van der Waals surface area contributed by atoms with Crippen molar-refractivity contribution in [1.29, 1.82) is 0 Å². The van der Waals surface area contributed by atoms with Crippen LogP contribution < -0.4 is 0 Å². The van der Waals surface area contributed by atoms with E-state index in [0.717, 1.165) is 0 Å². The number of H-pyrrole nitrogens is 1. The van der Waals surface area contributed by atoms with Gasteiger partial charge in [0.25, 0.3) is 0 Å². The summed E-state index contributed by atoms with van der Waals surface area (Å²) in [5.41, 5.74) is 0.434. The van der Waals surface area contributed by atoms with Crippen molar-refractivity contribution < 1.29 is 14.7 Å². The third-order valence-corrected chi connectivity index (χ3v) is 1.70. The number of hydrogen-bond acceptors (Lipinski definition) is 3. The number of carboxylic acids is 1. The Bertz CT molecular complexity index is 355. The number of Topliss-reactive ketones (excluding diaryl/α,β-unsaturated/α-hetero) is 1. The van der Waals surface area contributed by atoms with E-state index >= 15 is 0 Å². The Labute approximate surface area is 81.3 Å². The molecule has 0 amide bonds. The third-order valence-electron chi connectivity index (χ3n) is 1.70. The quantitative estimate of drug-likeness (QED) is 0.686. The van der Waals surface area contributed by atoms with Crippen molar-refractivity contribution in [2.45, 2.75) is 0 Å². The second kappa shape index (κ2) is 4.06. The first kappa shape index (κ1) is 10.5.